The van der Waals surface area contributed by atoms with Crippen LogP contribution in [-0.4, -0.2) is 50.9 Å². The Labute approximate surface area is 130 Å². The minimum Gasteiger partial charge on any atom is -0.381 e. The van der Waals surface area contributed by atoms with Crippen LogP contribution in [0.25, 0.3) is 0 Å². The van der Waals surface area contributed by atoms with Gasteiger partial charge in [0.2, 0.25) is 0 Å². The average Bonchev–Trinajstić information content (AvgIpc) is 3.21. The van der Waals surface area contributed by atoms with E-state index >= 15 is 0 Å². The molecule has 1 saturated carbocycles. The van der Waals surface area contributed by atoms with E-state index in [0.29, 0.717) is 0 Å². The van der Waals surface area contributed by atoms with E-state index in [9.17, 15) is 0 Å². The highest BCUT2D eigenvalue weighted by molar-refractivity contribution is 5.79. The van der Waals surface area contributed by atoms with Gasteiger partial charge in [-0.05, 0) is 52.9 Å². The average molecular weight is 298 g/mol. The van der Waals surface area contributed by atoms with Crippen LogP contribution >= 0.6 is 0 Å². The van der Waals surface area contributed by atoms with E-state index in [-0.39, 0.29) is 5.54 Å². The molecule has 1 aliphatic rings. The normalized spacial score (nSPS) is 16.1. The first kappa shape index (κ1) is 18.2. The number of ether oxygens (including phenoxy) is 1. The third-order valence-corrected chi connectivity index (χ3v) is 3.18. The van der Waals surface area contributed by atoms with Crippen LogP contribution in [-0.2, 0) is 4.74 Å². The molecule has 124 valence electrons. The monoisotopic (exact) mass is 298 g/mol. The number of rotatable bonds is 10. The Morgan fingerprint density at radius 2 is 1.95 bits per heavy atom. The van der Waals surface area contributed by atoms with Crippen molar-refractivity contribution in [2.75, 3.05) is 39.4 Å². The molecular weight excluding hydrogens is 264 g/mol. The molecule has 0 unspecified atom stereocenters. The Morgan fingerprint density at radius 1 is 1.19 bits per heavy atom. The Hall–Kier alpha value is -0.810. The fourth-order valence-corrected chi connectivity index (χ4v) is 1.85. The minimum atomic E-state index is 0.163. The SMILES string of the molecule is CCNC(=NCCCOCC1CC1)NCCNC(C)(C)C. The van der Waals surface area contributed by atoms with E-state index in [4.69, 9.17) is 4.74 Å². The van der Waals surface area contributed by atoms with Crippen molar-refractivity contribution in [2.24, 2.45) is 10.9 Å². The van der Waals surface area contributed by atoms with Crippen molar-refractivity contribution in [1.29, 1.82) is 0 Å². The molecule has 0 amide bonds. The molecule has 5 nitrogen and oxygen atoms in total. The molecular formula is C16H34N4O. The van der Waals surface area contributed by atoms with Gasteiger partial charge >= 0.3 is 0 Å². The first-order valence-corrected chi connectivity index (χ1v) is 8.36. The number of hydrogen-bond acceptors (Lipinski definition) is 3. The highest BCUT2D eigenvalue weighted by atomic mass is 16.5. The van der Waals surface area contributed by atoms with Gasteiger partial charge in [0.05, 0.1) is 0 Å². The van der Waals surface area contributed by atoms with Crippen molar-refractivity contribution in [1.82, 2.24) is 16.0 Å². The summed E-state index contributed by atoms with van der Waals surface area (Å²) < 4.78 is 5.62. The Morgan fingerprint density at radius 3 is 2.57 bits per heavy atom. The van der Waals surface area contributed by atoms with Crippen LogP contribution in [0.15, 0.2) is 4.99 Å². The summed E-state index contributed by atoms with van der Waals surface area (Å²) >= 11 is 0. The standard InChI is InChI=1S/C16H34N4O/c1-5-17-15(19-10-11-20-16(2,3)4)18-9-6-12-21-13-14-7-8-14/h14,20H,5-13H2,1-4H3,(H2,17,18,19). The van der Waals surface area contributed by atoms with E-state index in [0.717, 1.165) is 57.7 Å². The summed E-state index contributed by atoms with van der Waals surface area (Å²) in [4.78, 5) is 4.57. The summed E-state index contributed by atoms with van der Waals surface area (Å²) in [5.74, 6) is 1.75. The lowest BCUT2D eigenvalue weighted by Crippen LogP contribution is -2.44. The van der Waals surface area contributed by atoms with Gasteiger partial charge < -0.3 is 20.7 Å². The Bertz CT molecular complexity index is 295. The van der Waals surface area contributed by atoms with Gasteiger partial charge in [-0.15, -0.1) is 0 Å². The van der Waals surface area contributed by atoms with Gasteiger partial charge in [-0.25, -0.2) is 0 Å². The zero-order valence-corrected chi connectivity index (χ0v) is 14.3. The summed E-state index contributed by atoms with van der Waals surface area (Å²) in [6.07, 6.45) is 3.70. The first-order valence-electron chi connectivity index (χ1n) is 8.36. The highest BCUT2D eigenvalue weighted by Gasteiger charge is 2.20. The molecule has 0 atom stereocenters. The maximum absolute atomic E-state index is 5.62. The van der Waals surface area contributed by atoms with Gasteiger partial charge in [-0.1, -0.05) is 0 Å². The fourth-order valence-electron chi connectivity index (χ4n) is 1.85. The van der Waals surface area contributed by atoms with E-state index < -0.39 is 0 Å². The lowest BCUT2D eigenvalue weighted by molar-refractivity contribution is 0.123. The second-order valence-corrected chi connectivity index (χ2v) is 6.74. The molecule has 0 spiro atoms. The van der Waals surface area contributed by atoms with Gasteiger partial charge in [0.15, 0.2) is 5.96 Å². The zero-order chi connectivity index (χ0) is 15.6. The smallest absolute Gasteiger partial charge is 0.191 e. The van der Waals surface area contributed by atoms with Gasteiger partial charge in [-0.3, -0.25) is 4.99 Å². The zero-order valence-electron chi connectivity index (χ0n) is 14.3. The summed E-state index contributed by atoms with van der Waals surface area (Å²) in [5.41, 5.74) is 0.163. The summed E-state index contributed by atoms with van der Waals surface area (Å²) in [5, 5.41) is 10.1. The predicted molar refractivity (Wildman–Crippen MR) is 89.9 cm³/mol. The maximum Gasteiger partial charge on any atom is 0.191 e. The first-order chi connectivity index (χ1) is 10.0. The predicted octanol–water partition coefficient (Wildman–Crippen LogP) is 1.75. The Kier molecular flexibility index (Phi) is 8.69. The van der Waals surface area contributed by atoms with Gasteiger partial charge in [-0.2, -0.15) is 0 Å². The van der Waals surface area contributed by atoms with E-state index in [1.807, 2.05) is 0 Å². The maximum atomic E-state index is 5.62. The summed E-state index contributed by atoms with van der Waals surface area (Å²) in [6, 6.07) is 0. The highest BCUT2D eigenvalue weighted by Crippen LogP contribution is 2.28. The van der Waals surface area contributed by atoms with Crippen molar-refractivity contribution >= 4 is 5.96 Å². The van der Waals surface area contributed by atoms with Crippen molar-refractivity contribution < 1.29 is 4.74 Å². The van der Waals surface area contributed by atoms with Crippen molar-refractivity contribution in [3.8, 4) is 0 Å². The van der Waals surface area contributed by atoms with E-state index in [1.54, 1.807) is 0 Å². The van der Waals surface area contributed by atoms with Crippen molar-refractivity contribution in [2.45, 2.75) is 52.5 Å². The molecule has 0 saturated heterocycles. The third-order valence-electron chi connectivity index (χ3n) is 3.18. The molecule has 0 aromatic rings. The van der Waals surface area contributed by atoms with Crippen LogP contribution in [0.2, 0.25) is 0 Å². The third kappa shape index (κ3) is 11.5. The van der Waals surface area contributed by atoms with Crippen LogP contribution in [0.4, 0.5) is 0 Å². The number of aliphatic imine (C=N–C) groups is 1. The van der Waals surface area contributed by atoms with E-state index in [2.05, 4.69) is 48.6 Å². The molecule has 1 fully saturated rings. The molecule has 3 N–H and O–H groups in total. The summed E-state index contributed by atoms with van der Waals surface area (Å²) in [7, 11) is 0. The minimum absolute atomic E-state index is 0.163. The van der Waals surface area contributed by atoms with Crippen LogP contribution < -0.4 is 16.0 Å². The number of guanidine groups is 1. The van der Waals surface area contributed by atoms with Crippen LogP contribution in [0.3, 0.4) is 0 Å². The fraction of sp³-hybridized carbons (Fsp3) is 0.938. The molecule has 0 aliphatic heterocycles. The second kappa shape index (κ2) is 10.0. The molecule has 1 rings (SSSR count). The lowest BCUT2D eigenvalue weighted by Gasteiger charge is -2.21. The molecule has 0 aromatic heterocycles. The quantitative estimate of drug-likeness (QED) is 0.327. The molecule has 0 aromatic carbocycles. The van der Waals surface area contributed by atoms with E-state index in [1.165, 1.54) is 12.8 Å². The molecule has 0 radical (unpaired) electrons. The molecule has 5 heteroatoms. The molecule has 21 heavy (non-hydrogen) atoms. The van der Waals surface area contributed by atoms with Crippen LogP contribution in [0, 0.1) is 5.92 Å². The molecule has 0 heterocycles. The van der Waals surface area contributed by atoms with Gasteiger partial charge in [0.1, 0.15) is 0 Å². The van der Waals surface area contributed by atoms with Crippen molar-refractivity contribution in [3.63, 3.8) is 0 Å². The van der Waals surface area contributed by atoms with Crippen LogP contribution in [0.1, 0.15) is 47.0 Å². The van der Waals surface area contributed by atoms with Crippen molar-refractivity contribution in [3.05, 3.63) is 0 Å². The largest absolute Gasteiger partial charge is 0.381 e. The molecule has 1 aliphatic carbocycles. The van der Waals surface area contributed by atoms with Crippen LogP contribution in [0.5, 0.6) is 0 Å². The van der Waals surface area contributed by atoms with Gasteiger partial charge in [0.25, 0.3) is 0 Å². The molecule has 0 bridgehead atoms. The van der Waals surface area contributed by atoms with Gasteiger partial charge in [0, 0.05) is 44.9 Å². The number of nitrogens with one attached hydrogen (secondary N) is 3. The number of nitrogens with zero attached hydrogens (tertiary/aromatic N) is 1. The number of hydrogen-bond donors (Lipinski definition) is 3. The topological polar surface area (TPSA) is 57.7 Å². The second-order valence-electron chi connectivity index (χ2n) is 6.74. The Balaban J connectivity index is 2.06. The summed E-state index contributed by atoms with van der Waals surface area (Å²) in [6.45, 7) is 13.9. The lowest BCUT2D eigenvalue weighted by atomic mass is 10.1.